The molecule has 1 saturated heterocycles. The van der Waals surface area contributed by atoms with Gasteiger partial charge in [0.1, 0.15) is 0 Å². The van der Waals surface area contributed by atoms with Gasteiger partial charge in [0.15, 0.2) is 0 Å². The normalized spacial score (nSPS) is 31.8. The van der Waals surface area contributed by atoms with E-state index in [0.29, 0.717) is 0 Å². The summed E-state index contributed by atoms with van der Waals surface area (Å²) in [6.07, 6.45) is 4.22. The van der Waals surface area contributed by atoms with E-state index in [9.17, 15) is 0 Å². The molecule has 15 heavy (non-hydrogen) atoms. The summed E-state index contributed by atoms with van der Waals surface area (Å²) in [4.78, 5) is 2.80. The average Bonchev–Trinajstić information content (AvgIpc) is 2.92. The third-order valence-electron chi connectivity index (χ3n) is 3.85. The van der Waals surface area contributed by atoms with Crippen molar-refractivity contribution < 1.29 is 0 Å². The Labute approximate surface area is 94.4 Å². The molecule has 1 heterocycles. The molecule has 1 aliphatic heterocycles. The zero-order valence-corrected chi connectivity index (χ0v) is 10.5. The largest absolute Gasteiger partial charge is 0.315 e. The Morgan fingerprint density at radius 2 is 2.00 bits per heavy atom. The molecule has 2 atom stereocenters. The molecule has 2 unspecified atom stereocenters. The third kappa shape index (κ3) is 2.73. The molecule has 2 nitrogen and oxygen atoms in total. The first-order valence-electron chi connectivity index (χ1n) is 6.68. The number of hydrogen-bond donors (Lipinski definition) is 1. The van der Waals surface area contributed by atoms with Crippen LogP contribution >= 0.6 is 0 Å². The van der Waals surface area contributed by atoms with Gasteiger partial charge in [-0.25, -0.2) is 0 Å². The maximum atomic E-state index is 3.57. The summed E-state index contributed by atoms with van der Waals surface area (Å²) in [7, 11) is 0. The van der Waals surface area contributed by atoms with Gasteiger partial charge in [0.25, 0.3) is 0 Å². The van der Waals surface area contributed by atoms with Gasteiger partial charge in [-0.1, -0.05) is 27.2 Å². The summed E-state index contributed by atoms with van der Waals surface area (Å²) >= 11 is 0. The van der Waals surface area contributed by atoms with Gasteiger partial charge in [0, 0.05) is 25.2 Å². The Bertz CT molecular complexity index is 199. The maximum Gasteiger partial charge on any atom is 0.0263 e. The van der Waals surface area contributed by atoms with Crippen molar-refractivity contribution in [1.82, 2.24) is 10.2 Å². The summed E-state index contributed by atoms with van der Waals surface area (Å²) in [5.41, 5.74) is 0. The predicted molar refractivity (Wildman–Crippen MR) is 65.0 cm³/mol. The van der Waals surface area contributed by atoms with Crippen LogP contribution in [-0.4, -0.2) is 36.6 Å². The van der Waals surface area contributed by atoms with Gasteiger partial charge in [-0.15, -0.1) is 0 Å². The molecule has 0 amide bonds. The Hall–Kier alpha value is -0.0800. The van der Waals surface area contributed by atoms with E-state index in [1.807, 2.05) is 0 Å². The van der Waals surface area contributed by atoms with Crippen LogP contribution < -0.4 is 5.32 Å². The first-order valence-corrected chi connectivity index (χ1v) is 6.68. The van der Waals surface area contributed by atoms with Crippen LogP contribution in [0.2, 0.25) is 0 Å². The molecule has 0 aromatic rings. The topological polar surface area (TPSA) is 15.3 Å². The first kappa shape index (κ1) is 11.4. The highest BCUT2D eigenvalue weighted by Gasteiger charge is 2.38. The van der Waals surface area contributed by atoms with Crippen LogP contribution in [0.15, 0.2) is 0 Å². The first-order chi connectivity index (χ1) is 7.22. The summed E-state index contributed by atoms with van der Waals surface area (Å²) < 4.78 is 0. The van der Waals surface area contributed by atoms with Crippen LogP contribution in [0.4, 0.5) is 0 Å². The van der Waals surface area contributed by atoms with E-state index in [1.165, 1.54) is 38.9 Å². The lowest BCUT2D eigenvalue weighted by molar-refractivity contribution is 0.142. The van der Waals surface area contributed by atoms with Crippen molar-refractivity contribution in [3.8, 4) is 0 Å². The van der Waals surface area contributed by atoms with Gasteiger partial charge in [-0.05, 0) is 31.2 Å². The lowest BCUT2D eigenvalue weighted by Gasteiger charge is -2.33. The summed E-state index contributed by atoms with van der Waals surface area (Å²) in [5, 5.41) is 3.57. The van der Waals surface area contributed by atoms with Gasteiger partial charge in [-0.3, -0.25) is 4.90 Å². The lowest BCUT2D eigenvalue weighted by Crippen LogP contribution is -2.44. The quantitative estimate of drug-likeness (QED) is 0.747. The molecule has 0 aromatic carbocycles. The average molecular weight is 210 g/mol. The Kier molecular flexibility index (Phi) is 3.68. The SMILES string of the molecule is CCC1CNCC1N(CC(C)C)C1CC1. The van der Waals surface area contributed by atoms with Crippen LogP contribution in [0.1, 0.15) is 40.0 Å². The molecule has 2 aliphatic rings. The van der Waals surface area contributed by atoms with Crippen LogP contribution in [0.25, 0.3) is 0 Å². The van der Waals surface area contributed by atoms with Crippen LogP contribution in [-0.2, 0) is 0 Å². The van der Waals surface area contributed by atoms with Gasteiger partial charge in [0.2, 0.25) is 0 Å². The number of rotatable bonds is 5. The molecule has 1 aliphatic carbocycles. The molecule has 0 bridgehead atoms. The van der Waals surface area contributed by atoms with E-state index in [1.54, 1.807) is 0 Å². The standard InChI is InChI=1S/C13H26N2/c1-4-11-7-14-8-13(11)15(9-10(2)3)12-5-6-12/h10-14H,4-9H2,1-3H3. The van der Waals surface area contributed by atoms with Gasteiger partial charge >= 0.3 is 0 Å². The fourth-order valence-electron chi connectivity index (χ4n) is 2.91. The zero-order chi connectivity index (χ0) is 10.8. The molecule has 1 saturated carbocycles. The van der Waals surface area contributed by atoms with Crippen molar-refractivity contribution in [3.63, 3.8) is 0 Å². The molecule has 88 valence electrons. The predicted octanol–water partition coefficient (Wildman–Crippen LogP) is 2.10. The number of hydrogen-bond acceptors (Lipinski definition) is 2. The van der Waals surface area contributed by atoms with Crippen molar-refractivity contribution >= 4 is 0 Å². The molecule has 2 fully saturated rings. The third-order valence-corrected chi connectivity index (χ3v) is 3.85. The lowest BCUT2D eigenvalue weighted by atomic mass is 9.98. The minimum absolute atomic E-state index is 0.809. The van der Waals surface area contributed by atoms with E-state index < -0.39 is 0 Å². The molecule has 2 rings (SSSR count). The minimum atomic E-state index is 0.809. The molecule has 0 spiro atoms. The molecular weight excluding hydrogens is 184 g/mol. The van der Waals surface area contributed by atoms with Gasteiger partial charge < -0.3 is 5.32 Å². The van der Waals surface area contributed by atoms with Gasteiger partial charge in [-0.2, -0.15) is 0 Å². The summed E-state index contributed by atoms with van der Waals surface area (Å²) in [5.74, 6) is 1.70. The second kappa shape index (κ2) is 4.84. The fraction of sp³-hybridized carbons (Fsp3) is 1.00. The Morgan fingerprint density at radius 3 is 2.53 bits per heavy atom. The van der Waals surface area contributed by atoms with Crippen molar-refractivity contribution in [2.45, 2.75) is 52.1 Å². The monoisotopic (exact) mass is 210 g/mol. The van der Waals surface area contributed by atoms with E-state index in [-0.39, 0.29) is 0 Å². The Morgan fingerprint density at radius 1 is 1.27 bits per heavy atom. The number of nitrogens with zero attached hydrogens (tertiary/aromatic N) is 1. The van der Waals surface area contributed by atoms with Crippen molar-refractivity contribution in [2.75, 3.05) is 19.6 Å². The zero-order valence-electron chi connectivity index (χ0n) is 10.5. The van der Waals surface area contributed by atoms with Crippen molar-refractivity contribution in [1.29, 1.82) is 0 Å². The van der Waals surface area contributed by atoms with Crippen LogP contribution in [0.5, 0.6) is 0 Å². The van der Waals surface area contributed by atoms with E-state index >= 15 is 0 Å². The van der Waals surface area contributed by atoms with Crippen LogP contribution in [0.3, 0.4) is 0 Å². The van der Waals surface area contributed by atoms with Crippen LogP contribution in [0, 0.1) is 11.8 Å². The summed E-state index contributed by atoms with van der Waals surface area (Å²) in [6, 6.07) is 1.75. The van der Waals surface area contributed by atoms with E-state index in [4.69, 9.17) is 0 Å². The van der Waals surface area contributed by atoms with Gasteiger partial charge in [0.05, 0.1) is 0 Å². The molecule has 1 N–H and O–H groups in total. The molecular formula is C13H26N2. The van der Waals surface area contributed by atoms with Crippen molar-refractivity contribution in [2.24, 2.45) is 11.8 Å². The minimum Gasteiger partial charge on any atom is -0.315 e. The fourth-order valence-corrected chi connectivity index (χ4v) is 2.91. The molecule has 0 radical (unpaired) electrons. The molecule has 0 aromatic heterocycles. The highest BCUT2D eigenvalue weighted by atomic mass is 15.2. The maximum absolute atomic E-state index is 3.57. The smallest absolute Gasteiger partial charge is 0.0263 e. The second-order valence-corrected chi connectivity index (χ2v) is 5.72. The second-order valence-electron chi connectivity index (χ2n) is 5.72. The highest BCUT2D eigenvalue weighted by Crippen LogP contribution is 2.33. The number of nitrogens with one attached hydrogen (secondary N) is 1. The summed E-state index contributed by atoms with van der Waals surface area (Å²) in [6.45, 7) is 10.8. The highest BCUT2D eigenvalue weighted by molar-refractivity contribution is 4.95. The van der Waals surface area contributed by atoms with E-state index in [0.717, 1.165) is 23.9 Å². The van der Waals surface area contributed by atoms with Crippen molar-refractivity contribution in [3.05, 3.63) is 0 Å². The van der Waals surface area contributed by atoms with E-state index in [2.05, 4.69) is 31.0 Å². The Balaban J connectivity index is 1.96. The molecule has 2 heteroatoms.